The van der Waals surface area contributed by atoms with Gasteiger partial charge in [-0.05, 0) is 39.5 Å². The van der Waals surface area contributed by atoms with Crippen LogP contribution in [0.3, 0.4) is 0 Å². The molecule has 0 rings (SSSR count). The Bertz CT molecular complexity index is 588. The standard InChI is InChI=1S/C36H76N.CH4O4S/c1-5-9-11-13-15-17-19-21-23-25-27-29-31-33-35-37(7-3,8-4)36-34-32-30-28-26-24-22-20-18-16-14-12-10-6-2;1-5-6(2,3)4/h5-36H2,1-4H3;1H3,(H,2,3,4)/q+1;/p-1. The molecule has 0 aromatic rings. The van der Waals surface area contributed by atoms with Crippen molar-refractivity contribution in [1.82, 2.24) is 0 Å². The van der Waals surface area contributed by atoms with Crippen molar-refractivity contribution in [3.63, 3.8) is 0 Å². The summed E-state index contributed by atoms with van der Waals surface area (Å²) in [6.45, 7) is 15.1. The molecule has 0 heterocycles. The fourth-order valence-corrected chi connectivity index (χ4v) is 6.25. The molecule has 0 amide bonds. The molecule has 0 saturated carbocycles. The van der Waals surface area contributed by atoms with E-state index in [0.29, 0.717) is 0 Å². The minimum absolute atomic E-state index is 0.808. The summed E-state index contributed by atoms with van der Waals surface area (Å²) in [5.41, 5.74) is 0. The van der Waals surface area contributed by atoms with E-state index in [-0.39, 0.29) is 0 Å². The fraction of sp³-hybridized carbons (Fsp3) is 1.00. The third kappa shape index (κ3) is 36.2. The van der Waals surface area contributed by atoms with Gasteiger partial charge >= 0.3 is 0 Å². The van der Waals surface area contributed by atoms with Gasteiger partial charge in [0.25, 0.3) is 0 Å². The van der Waals surface area contributed by atoms with Gasteiger partial charge in [-0.2, -0.15) is 0 Å². The predicted molar refractivity (Wildman–Crippen MR) is 188 cm³/mol. The lowest BCUT2D eigenvalue weighted by atomic mass is 10.0. The number of rotatable bonds is 33. The van der Waals surface area contributed by atoms with Crippen LogP contribution in [0.2, 0.25) is 0 Å². The number of nitrogens with zero attached hydrogens (tertiary/aromatic N) is 1. The zero-order valence-corrected chi connectivity index (χ0v) is 30.9. The SMILES string of the molecule is CCCCCCCCCCCCCCCC[N+](CC)(CC)CCCCCCCCCCCCCCCC.COS(=O)(=O)[O-]. The molecule has 0 aromatic carbocycles. The van der Waals surface area contributed by atoms with Crippen LogP contribution in [-0.4, -0.2) is 50.7 Å². The van der Waals surface area contributed by atoms with E-state index in [1.807, 2.05) is 0 Å². The summed E-state index contributed by atoms with van der Waals surface area (Å²) in [5.74, 6) is 0. The lowest BCUT2D eigenvalue weighted by Gasteiger charge is -2.37. The average molecular weight is 634 g/mol. The van der Waals surface area contributed by atoms with E-state index in [2.05, 4.69) is 31.9 Å². The highest BCUT2D eigenvalue weighted by Gasteiger charge is 2.21. The number of unbranched alkanes of at least 4 members (excludes halogenated alkanes) is 26. The van der Waals surface area contributed by atoms with Crippen LogP contribution in [0, 0.1) is 0 Å². The minimum atomic E-state index is -4.41. The van der Waals surface area contributed by atoms with Crippen LogP contribution >= 0.6 is 0 Å². The number of quaternary nitrogens is 1. The van der Waals surface area contributed by atoms with Gasteiger partial charge in [-0.25, -0.2) is 8.42 Å². The summed E-state index contributed by atoms with van der Waals surface area (Å²) in [6.07, 6.45) is 41.1. The van der Waals surface area contributed by atoms with Gasteiger partial charge in [-0.3, -0.25) is 4.18 Å². The van der Waals surface area contributed by atoms with Crippen molar-refractivity contribution in [3.8, 4) is 0 Å². The summed E-state index contributed by atoms with van der Waals surface area (Å²) in [7, 11) is -3.60. The number of hydrogen-bond donors (Lipinski definition) is 0. The summed E-state index contributed by atoms with van der Waals surface area (Å²) in [4.78, 5) is 0. The van der Waals surface area contributed by atoms with Crippen molar-refractivity contribution < 1.29 is 21.6 Å². The van der Waals surface area contributed by atoms with Crippen LogP contribution in [0.1, 0.15) is 207 Å². The third-order valence-corrected chi connectivity index (χ3v) is 9.93. The molecule has 0 aliphatic heterocycles. The smallest absolute Gasteiger partial charge is 0.217 e. The summed E-state index contributed by atoms with van der Waals surface area (Å²) in [5, 5.41) is 0. The van der Waals surface area contributed by atoms with Crippen molar-refractivity contribution in [1.29, 1.82) is 0 Å². The third-order valence-electron chi connectivity index (χ3n) is 9.52. The van der Waals surface area contributed by atoms with Gasteiger partial charge in [0.1, 0.15) is 0 Å². The largest absolute Gasteiger partial charge is 0.726 e. The molecule has 262 valence electrons. The zero-order valence-electron chi connectivity index (χ0n) is 30.1. The first-order chi connectivity index (χ1) is 20.8. The second-order valence-electron chi connectivity index (χ2n) is 13.2. The molecular formula is C37H79NO4S. The Kier molecular flexibility index (Phi) is 36.3. The van der Waals surface area contributed by atoms with Gasteiger partial charge in [0.15, 0.2) is 0 Å². The van der Waals surface area contributed by atoms with Crippen LogP contribution in [0.15, 0.2) is 0 Å². The molecule has 0 fully saturated rings. The van der Waals surface area contributed by atoms with Crippen LogP contribution in [0.5, 0.6) is 0 Å². The summed E-state index contributed by atoms with van der Waals surface area (Å²) >= 11 is 0. The van der Waals surface area contributed by atoms with Gasteiger partial charge in [-0.1, -0.05) is 168 Å². The molecule has 0 N–H and O–H groups in total. The molecule has 0 spiro atoms. The first kappa shape index (κ1) is 45.0. The molecule has 0 aliphatic carbocycles. The lowest BCUT2D eigenvalue weighted by molar-refractivity contribution is -0.925. The molecule has 43 heavy (non-hydrogen) atoms. The van der Waals surface area contributed by atoms with Gasteiger partial charge in [0.05, 0.1) is 33.3 Å². The molecule has 6 heteroatoms. The maximum Gasteiger partial charge on any atom is 0.217 e. The van der Waals surface area contributed by atoms with Crippen LogP contribution < -0.4 is 0 Å². The van der Waals surface area contributed by atoms with Crippen LogP contribution in [-0.2, 0) is 14.6 Å². The molecular weight excluding hydrogens is 554 g/mol. The summed E-state index contributed by atoms with van der Waals surface area (Å²) in [6, 6.07) is 0. The van der Waals surface area contributed by atoms with Gasteiger partial charge < -0.3 is 9.04 Å². The monoisotopic (exact) mass is 634 g/mol. The van der Waals surface area contributed by atoms with Crippen LogP contribution in [0.4, 0.5) is 0 Å². The van der Waals surface area contributed by atoms with E-state index in [1.54, 1.807) is 0 Å². The minimum Gasteiger partial charge on any atom is -0.726 e. The highest BCUT2D eigenvalue weighted by atomic mass is 32.3. The molecule has 0 aromatic heterocycles. The average Bonchev–Trinajstić information content (AvgIpc) is 3.00. The Labute approximate surface area is 272 Å². The zero-order chi connectivity index (χ0) is 32.3. The molecule has 0 aliphatic rings. The van der Waals surface area contributed by atoms with E-state index < -0.39 is 10.4 Å². The van der Waals surface area contributed by atoms with E-state index in [9.17, 15) is 13.0 Å². The Morgan fingerprint density at radius 3 is 0.767 bits per heavy atom. The van der Waals surface area contributed by atoms with E-state index in [0.717, 1.165) is 7.11 Å². The maximum absolute atomic E-state index is 9.22. The quantitative estimate of drug-likeness (QED) is 0.0312. The van der Waals surface area contributed by atoms with Gasteiger partial charge in [0, 0.05) is 0 Å². The molecule has 5 nitrogen and oxygen atoms in total. The highest BCUT2D eigenvalue weighted by Crippen LogP contribution is 2.17. The second kappa shape index (κ2) is 34.7. The topological polar surface area (TPSA) is 66.4 Å². The van der Waals surface area contributed by atoms with Gasteiger partial charge in [0.2, 0.25) is 10.4 Å². The maximum atomic E-state index is 9.22. The Balaban J connectivity index is 0. The molecule has 0 saturated heterocycles. The molecule has 0 atom stereocenters. The second-order valence-corrected chi connectivity index (χ2v) is 14.3. The fourth-order valence-electron chi connectivity index (χ4n) is 6.25. The molecule has 0 bridgehead atoms. The normalized spacial score (nSPS) is 12.0. The predicted octanol–water partition coefficient (Wildman–Crippen LogP) is 11.9. The highest BCUT2D eigenvalue weighted by molar-refractivity contribution is 7.80. The Morgan fingerprint density at radius 2 is 0.605 bits per heavy atom. The van der Waals surface area contributed by atoms with E-state index in [4.69, 9.17) is 0 Å². The lowest BCUT2D eigenvalue weighted by Crippen LogP contribution is -2.49. The van der Waals surface area contributed by atoms with Crippen molar-refractivity contribution in [2.45, 2.75) is 207 Å². The van der Waals surface area contributed by atoms with Crippen molar-refractivity contribution >= 4 is 10.4 Å². The van der Waals surface area contributed by atoms with Gasteiger partial charge in [-0.15, -0.1) is 0 Å². The van der Waals surface area contributed by atoms with Crippen molar-refractivity contribution in [2.24, 2.45) is 0 Å². The first-order valence-electron chi connectivity index (χ1n) is 19.2. The molecule has 0 unspecified atom stereocenters. The van der Waals surface area contributed by atoms with E-state index in [1.165, 1.54) is 210 Å². The Morgan fingerprint density at radius 1 is 0.419 bits per heavy atom. The molecule has 0 radical (unpaired) electrons. The first-order valence-corrected chi connectivity index (χ1v) is 20.5. The van der Waals surface area contributed by atoms with E-state index >= 15 is 0 Å². The Hall–Kier alpha value is -0.170. The number of hydrogen-bond acceptors (Lipinski definition) is 4. The van der Waals surface area contributed by atoms with Crippen LogP contribution in [0.25, 0.3) is 0 Å². The van der Waals surface area contributed by atoms with Crippen molar-refractivity contribution in [3.05, 3.63) is 0 Å². The van der Waals surface area contributed by atoms with Crippen molar-refractivity contribution in [2.75, 3.05) is 33.3 Å². The summed E-state index contributed by atoms with van der Waals surface area (Å²) < 4.78 is 32.4.